The highest BCUT2D eigenvalue weighted by atomic mass is 16.6. The monoisotopic (exact) mass is 291 g/mol. The molecule has 2 rings (SSSR count). The molecule has 0 bridgehead atoms. The highest BCUT2D eigenvalue weighted by Gasteiger charge is 2.18. The highest BCUT2D eigenvalue weighted by Crippen LogP contribution is 2.13. The zero-order chi connectivity index (χ0) is 15.6. The van der Waals surface area contributed by atoms with Gasteiger partial charge in [-0.1, -0.05) is 0 Å². The summed E-state index contributed by atoms with van der Waals surface area (Å²) in [5.41, 5.74) is -0.183. The number of nitrogens with zero attached hydrogens (tertiary/aromatic N) is 3. The maximum absolute atomic E-state index is 12.0. The molecular formula is C14H17N3O4. The van der Waals surface area contributed by atoms with Gasteiger partial charge < -0.3 is 9.47 Å². The van der Waals surface area contributed by atoms with Gasteiger partial charge in [0.05, 0.1) is 13.3 Å². The van der Waals surface area contributed by atoms with Gasteiger partial charge in [0.1, 0.15) is 17.7 Å². The zero-order valence-corrected chi connectivity index (χ0v) is 12.4. The fourth-order valence-electron chi connectivity index (χ4n) is 1.79. The molecule has 7 heteroatoms. The van der Waals surface area contributed by atoms with Crippen LogP contribution in [0.5, 0.6) is 5.88 Å². The van der Waals surface area contributed by atoms with Crippen LogP contribution in [0.15, 0.2) is 23.1 Å². The van der Waals surface area contributed by atoms with Crippen molar-refractivity contribution in [2.75, 3.05) is 7.11 Å². The van der Waals surface area contributed by atoms with Crippen molar-refractivity contribution < 1.29 is 14.3 Å². The van der Waals surface area contributed by atoms with Crippen molar-refractivity contribution in [2.24, 2.45) is 0 Å². The number of carbonyl (C=O) groups is 1. The van der Waals surface area contributed by atoms with E-state index in [1.54, 1.807) is 26.8 Å². The van der Waals surface area contributed by atoms with E-state index in [-0.39, 0.29) is 23.6 Å². The Labute approximate surface area is 121 Å². The average molecular weight is 291 g/mol. The second-order valence-corrected chi connectivity index (χ2v) is 5.47. The second-order valence-electron chi connectivity index (χ2n) is 5.47. The summed E-state index contributed by atoms with van der Waals surface area (Å²) < 4.78 is 11.4. The van der Waals surface area contributed by atoms with Crippen molar-refractivity contribution in [2.45, 2.75) is 32.9 Å². The van der Waals surface area contributed by atoms with Crippen LogP contribution in [0, 0.1) is 0 Å². The van der Waals surface area contributed by atoms with Crippen LogP contribution >= 0.6 is 0 Å². The largest absolute Gasteiger partial charge is 0.480 e. The minimum Gasteiger partial charge on any atom is -0.480 e. The van der Waals surface area contributed by atoms with Crippen molar-refractivity contribution in [3.05, 3.63) is 28.7 Å². The predicted octanol–water partition coefficient (Wildman–Crippen LogP) is 1.14. The number of rotatable bonds is 3. The zero-order valence-electron chi connectivity index (χ0n) is 12.4. The highest BCUT2D eigenvalue weighted by molar-refractivity contribution is 5.75. The first-order valence-electron chi connectivity index (χ1n) is 6.42. The van der Waals surface area contributed by atoms with Crippen LogP contribution in [0.4, 0.5) is 0 Å². The van der Waals surface area contributed by atoms with Crippen LogP contribution < -0.4 is 10.3 Å². The van der Waals surface area contributed by atoms with Crippen molar-refractivity contribution in [3.8, 4) is 5.88 Å². The number of pyridine rings is 1. The fourth-order valence-corrected chi connectivity index (χ4v) is 1.79. The quantitative estimate of drug-likeness (QED) is 0.789. The van der Waals surface area contributed by atoms with Crippen LogP contribution in [0.25, 0.3) is 11.2 Å². The lowest BCUT2D eigenvalue weighted by molar-refractivity contribution is -0.155. The molecule has 2 heterocycles. The van der Waals surface area contributed by atoms with Crippen LogP contribution in [-0.2, 0) is 16.1 Å². The van der Waals surface area contributed by atoms with Gasteiger partial charge in [0, 0.05) is 6.07 Å². The number of esters is 1. The second kappa shape index (κ2) is 5.51. The van der Waals surface area contributed by atoms with Gasteiger partial charge in [-0.15, -0.1) is 0 Å². The van der Waals surface area contributed by atoms with Gasteiger partial charge in [-0.2, -0.15) is 4.98 Å². The standard InChI is InChI=1S/C14H17N3O4/c1-14(2,3)21-12(19)8-17-11(18)6-5-9-13(17)16-10(20-4)7-15-9/h5-7H,8H2,1-4H3. The van der Waals surface area contributed by atoms with Gasteiger partial charge in [0.15, 0.2) is 5.65 Å². The van der Waals surface area contributed by atoms with E-state index in [2.05, 4.69) is 9.97 Å². The molecule has 2 aromatic rings. The third-order valence-corrected chi connectivity index (χ3v) is 2.58. The molecule has 0 spiro atoms. The van der Waals surface area contributed by atoms with Crippen LogP contribution in [0.1, 0.15) is 20.8 Å². The third-order valence-electron chi connectivity index (χ3n) is 2.58. The topological polar surface area (TPSA) is 83.3 Å². The van der Waals surface area contributed by atoms with E-state index in [9.17, 15) is 9.59 Å². The maximum Gasteiger partial charge on any atom is 0.326 e. The number of aromatic nitrogens is 3. The summed E-state index contributed by atoms with van der Waals surface area (Å²) in [6.45, 7) is 5.06. The molecule has 112 valence electrons. The van der Waals surface area contributed by atoms with Crippen LogP contribution in [0.3, 0.4) is 0 Å². The lowest BCUT2D eigenvalue weighted by atomic mass is 10.2. The van der Waals surface area contributed by atoms with E-state index in [0.29, 0.717) is 5.52 Å². The number of ether oxygens (including phenoxy) is 2. The number of hydrogen-bond acceptors (Lipinski definition) is 6. The van der Waals surface area contributed by atoms with Crippen molar-refractivity contribution >= 4 is 17.1 Å². The Bertz CT molecular complexity index is 731. The van der Waals surface area contributed by atoms with Gasteiger partial charge in [0.2, 0.25) is 5.88 Å². The molecule has 0 aliphatic rings. The molecule has 21 heavy (non-hydrogen) atoms. The van der Waals surface area contributed by atoms with Gasteiger partial charge in [-0.05, 0) is 26.8 Å². The van der Waals surface area contributed by atoms with Crippen LogP contribution in [0.2, 0.25) is 0 Å². The van der Waals surface area contributed by atoms with Crippen molar-refractivity contribution in [3.63, 3.8) is 0 Å². The lowest BCUT2D eigenvalue weighted by Crippen LogP contribution is -2.30. The molecule has 7 nitrogen and oxygen atoms in total. The Morgan fingerprint density at radius 1 is 1.33 bits per heavy atom. The van der Waals surface area contributed by atoms with Gasteiger partial charge in [-0.3, -0.25) is 14.2 Å². The van der Waals surface area contributed by atoms with E-state index in [4.69, 9.17) is 9.47 Å². The average Bonchev–Trinajstić information content (AvgIpc) is 2.39. The van der Waals surface area contributed by atoms with Gasteiger partial charge in [-0.25, -0.2) is 4.98 Å². The first-order chi connectivity index (χ1) is 9.80. The SMILES string of the molecule is COc1cnc2ccc(=O)n(CC(=O)OC(C)(C)C)c2n1. The normalized spacial score (nSPS) is 11.4. The van der Waals surface area contributed by atoms with E-state index >= 15 is 0 Å². The number of hydrogen-bond donors (Lipinski definition) is 0. The summed E-state index contributed by atoms with van der Waals surface area (Å²) in [4.78, 5) is 32.2. The van der Waals surface area contributed by atoms with Gasteiger partial charge >= 0.3 is 5.97 Å². The molecule has 0 aliphatic carbocycles. The maximum atomic E-state index is 12.0. The first-order valence-corrected chi connectivity index (χ1v) is 6.42. The van der Waals surface area contributed by atoms with Crippen molar-refractivity contribution in [1.29, 1.82) is 0 Å². The molecule has 0 amide bonds. The number of carbonyl (C=O) groups excluding carboxylic acids is 1. The Kier molecular flexibility index (Phi) is 3.93. The molecular weight excluding hydrogens is 274 g/mol. The van der Waals surface area contributed by atoms with E-state index in [1.807, 2.05) is 0 Å². The molecule has 0 unspecified atom stereocenters. The third kappa shape index (κ3) is 3.56. The first kappa shape index (κ1) is 15.0. The van der Waals surface area contributed by atoms with Crippen LogP contribution in [-0.4, -0.2) is 33.2 Å². The smallest absolute Gasteiger partial charge is 0.326 e. The summed E-state index contributed by atoms with van der Waals surface area (Å²) in [7, 11) is 1.45. The van der Waals surface area contributed by atoms with Gasteiger partial charge in [0.25, 0.3) is 5.56 Å². The number of methoxy groups -OCH3 is 1. The molecule has 0 fully saturated rings. The molecule has 0 saturated heterocycles. The summed E-state index contributed by atoms with van der Waals surface area (Å²) in [6, 6.07) is 2.89. The Morgan fingerprint density at radius 3 is 2.67 bits per heavy atom. The lowest BCUT2D eigenvalue weighted by Gasteiger charge is -2.20. The molecule has 0 radical (unpaired) electrons. The Hall–Kier alpha value is -2.44. The summed E-state index contributed by atoms with van der Waals surface area (Å²) in [5, 5.41) is 0. The number of fused-ring (bicyclic) bond motifs is 1. The molecule has 0 N–H and O–H groups in total. The molecule has 0 aliphatic heterocycles. The van der Waals surface area contributed by atoms with E-state index < -0.39 is 11.6 Å². The molecule has 0 aromatic carbocycles. The Morgan fingerprint density at radius 2 is 2.05 bits per heavy atom. The Balaban J connectivity index is 2.44. The molecule has 0 saturated carbocycles. The predicted molar refractivity (Wildman–Crippen MR) is 76.2 cm³/mol. The summed E-state index contributed by atoms with van der Waals surface area (Å²) >= 11 is 0. The molecule has 0 atom stereocenters. The van der Waals surface area contributed by atoms with E-state index in [1.165, 1.54) is 23.9 Å². The van der Waals surface area contributed by atoms with E-state index in [0.717, 1.165) is 0 Å². The minimum absolute atomic E-state index is 0.227. The fraction of sp³-hybridized carbons (Fsp3) is 0.429. The minimum atomic E-state index is -0.616. The molecule has 2 aromatic heterocycles. The summed E-state index contributed by atoms with van der Waals surface area (Å²) in [5.74, 6) is -0.243. The summed E-state index contributed by atoms with van der Waals surface area (Å²) in [6.07, 6.45) is 1.45. The van der Waals surface area contributed by atoms with Crippen molar-refractivity contribution in [1.82, 2.24) is 14.5 Å².